The zero-order valence-corrected chi connectivity index (χ0v) is 8.47. The van der Waals surface area contributed by atoms with Gasteiger partial charge in [-0.1, -0.05) is 40.0 Å². The second kappa shape index (κ2) is 6.04. The Morgan fingerprint density at radius 2 is 2.00 bits per heavy atom. The van der Waals surface area contributed by atoms with E-state index in [1.807, 2.05) is 0 Å². The second-order valence-electron chi connectivity index (χ2n) is 3.54. The van der Waals surface area contributed by atoms with Crippen molar-refractivity contribution in [3.63, 3.8) is 0 Å². The minimum atomic E-state index is -0.127. The van der Waals surface area contributed by atoms with Gasteiger partial charge in [-0.2, -0.15) is 0 Å². The lowest BCUT2D eigenvalue weighted by atomic mass is 9.87. The third-order valence-corrected chi connectivity index (χ3v) is 2.56. The van der Waals surface area contributed by atoms with Gasteiger partial charge < -0.3 is 5.73 Å². The van der Waals surface area contributed by atoms with Crippen molar-refractivity contribution in [2.24, 2.45) is 17.6 Å². The van der Waals surface area contributed by atoms with Crippen LogP contribution in [0.5, 0.6) is 0 Å². The summed E-state index contributed by atoms with van der Waals surface area (Å²) in [5, 5.41) is 0. The van der Waals surface area contributed by atoms with Crippen LogP contribution in [0.15, 0.2) is 0 Å². The van der Waals surface area contributed by atoms with Gasteiger partial charge in [-0.05, 0) is 12.3 Å². The first kappa shape index (κ1) is 11.5. The number of primary amides is 1. The van der Waals surface area contributed by atoms with Crippen LogP contribution in [0.1, 0.15) is 46.5 Å². The normalized spacial score (nSPS) is 15.6. The van der Waals surface area contributed by atoms with E-state index in [-0.39, 0.29) is 11.8 Å². The van der Waals surface area contributed by atoms with Gasteiger partial charge in [0.25, 0.3) is 0 Å². The molecule has 0 spiro atoms. The summed E-state index contributed by atoms with van der Waals surface area (Å²) in [4.78, 5) is 11.0. The predicted molar refractivity (Wildman–Crippen MR) is 51.7 cm³/mol. The quantitative estimate of drug-likeness (QED) is 0.655. The smallest absolute Gasteiger partial charge is 0.220 e. The van der Waals surface area contributed by atoms with Gasteiger partial charge in [0.2, 0.25) is 5.91 Å². The third-order valence-electron chi connectivity index (χ3n) is 2.56. The van der Waals surface area contributed by atoms with Crippen molar-refractivity contribution in [3.05, 3.63) is 0 Å². The highest BCUT2D eigenvalue weighted by Crippen LogP contribution is 2.20. The Morgan fingerprint density at radius 1 is 1.42 bits per heavy atom. The first-order valence-corrected chi connectivity index (χ1v) is 4.92. The summed E-state index contributed by atoms with van der Waals surface area (Å²) in [5.74, 6) is 0.404. The first-order chi connectivity index (χ1) is 5.63. The lowest BCUT2D eigenvalue weighted by Crippen LogP contribution is -2.28. The molecule has 0 heterocycles. The summed E-state index contributed by atoms with van der Waals surface area (Å²) in [7, 11) is 0. The molecule has 0 radical (unpaired) electrons. The van der Waals surface area contributed by atoms with Gasteiger partial charge in [0.1, 0.15) is 0 Å². The van der Waals surface area contributed by atoms with E-state index in [2.05, 4.69) is 20.8 Å². The Hall–Kier alpha value is -0.530. The molecule has 72 valence electrons. The molecule has 2 nitrogen and oxygen atoms in total. The van der Waals surface area contributed by atoms with E-state index in [0.717, 1.165) is 25.7 Å². The van der Waals surface area contributed by atoms with Gasteiger partial charge in [0, 0.05) is 5.92 Å². The molecule has 12 heavy (non-hydrogen) atoms. The SMILES string of the molecule is CCCCC(C(N)=O)C(C)CC. The highest BCUT2D eigenvalue weighted by molar-refractivity contribution is 5.76. The molecule has 0 aromatic rings. The van der Waals surface area contributed by atoms with Gasteiger partial charge in [0.15, 0.2) is 0 Å². The summed E-state index contributed by atoms with van der Waals surface area (Å²) >= 11 is 0. The van der Waals surface area contributed by atoms with Crippen LogP contribution in [0, 0.1) is 11.8 Å². The minimum Gasteiger partial charge on any atom is -0.369 e. The molecule has 2 heteroatoms. The number of hydrogen-bond acceptors (Lipinski definition) is 1. The highest BCUT2D eigenvalue weighted by atomic mass is 16.1. The average molecular weight is 171 g/mol. The number of nitrogens with two attached hydrogens (primary N) is 1. The van der Waals surface area contributed by atoms with Gasteiger partial charge in [-0.25, -0.2) is 0 Å². The summed E-state index contributed by atoms with van der Waals surface area (Å²) in [6.45, 7) is 6.34. The van der Waals surface area contributed by atoms with Crippen molar-refractivity contribution in [1.82, 2.24) is 0 Å². The Balaban J connectivity index is 3.94. The standard InChI is InChI=1S/C10H21NO/c1-4-6-7-9(10(11)12)8(3)5-2/h8-9H,4-7H2,1-3H3,(H2,11,12). The van der Waals surface area contributed by atoms with Crippen LogP contribution in [0.25, 0.3) is 0 Å². The largest absolute Gasteiger partial charge is 0.369 e. The maximum absolute atomic E-state index is 11.0. The molecule has 0 saturated heterocycles. The van der Waals surface area contributed by atoms with E-state index >= 15 is 0 Å². The summed E-state index contributed by atoms with van der Waals surface area (Å²) < 4.78 is 0. The fourth-order valence-corrected chi connectivity index (χ4v) is 1.42. The van der Waals surface area contributed by atoms with E-state index < -0.39 is 0 Å². The number of unbranched alkanes of at least 4 members (excludes halogenated alkanes) is 1. The number of carbonyl (C=O) groups is 1. The summed E-state index contributed by atoms with van der Waals surface area (Å²) in [6, 6.07) is 0. The summed E-state index contributed by atoms with van der Waals surface area (Å²) in [5.41, 5.74) is 5.32. The third kappa shape index (κ3) is 3.74. The van der Waals surface area contributed by atoms with Crippen molar-refractivity contribution >= 4 is 5.91 Å². The summed E-state index contributed by atoms with van der Waals surface area (Å²) in [6.07, 6.45) is 4.25. The lowest BCUT2D eigenvalue weighted by molar-refractivity contribution is -0.123. The fourth-order valence-electron chi connectivity index (χ4n) is 1.42. The molecule has 0 rings (SSSR count). The van der Waals surface area contributed by atoms with Gasteiger partial charge in [0.05, 0.1) is 0 Å². The molecule has 0 aromatic heterocycles. The van der Waals surface area contributed by atoms with Crippen LogP contribution in [0.2, 0.25) is 0 Å². The average Bonchev–Trinajstić information content (AvgIpc) is 2.04. The first-order valence-electron chi connectivity index (χ1n) is 4.92. The highest BCUT2D eigenvalue weighted by Gasteiger charge is 2.20. The predicted octanol–water partition coefficient (Wildman–Crippen LogP) is 2.32. The molecular weight excluding hydrogens is 150 g/mol. The minimum absolute atomic E-state index is 0.0925. The molecule has 2 N–H and O–H groups in total. The number of carbonyl (C=O) groups excluding carboxylic acids is 1. The molecule has 0 saturated carbocycles. The van der Waals surface area contributed by atoms with E-state index in [0.29, 0.717) is 5.92 Å². The molecule has 0 aliphatic carbocycles. The Kier molecular flexibility index (Phi) is 5.77. The lowest BCUT2D eigenvalue weighted by Gasteiger charge is -2.18. The molecular formula is C10H21NO. The van der Waals surface area contributed by atoms with E-state index in [4.69, 9.17) is 5.73 Å². The topological polar surface area (TPSA) is 43.1 Å². The van der Waals surface area contributed by atoms with Gasteiger partial charge >= 0.3 is 0 Å². The molecule has 0 aliphatic rings. The van der Waals surface area contributed by atoms with Crippen molar-refractivity contribution in [2.45, 2.75) is 46.5 Å². The van der Waals surface area contributed by atoms with E-state index in [1.165, 1.54) is 0 Å². The van der Waals surface area contributed by atoms with Crippen molar-refractivity contribution in [3.8, 4) is 0 Å². The maximum atomic E-state index is 11.0. The maximum Gasteiger partial charge on any atom is 0.220 e. The van der Waals surface area contributed by atoms with Crippen LogP contribution < -0.4 is 5.73 Å². The van der Waals surface area contributed by atoms with Crippen LogP contribution in [-0.2, 0) is 4.79 Å². The van der Waals surface area contributed by atoms with Gasteiger partial charge in [-0.3, -0.25) is 4.79 Å². The van der Waals surface area contributed by atoms with E-state index in [9.17, 15) is 4.79 Å². The zero-order chi connectivity index (χ0) is 9.56. The van der Waals surface area contributed by atoms with Crippen LogP contribution in [0.4, 0.5) is 0 Å². The number of rotatable bonds is 6. The van der Waals surface area contributed by atoms with Gasteiger partial charge in [-0.15, -0.1) is 0 Å². The zero-order valence-electron chi connectivity index (χ0n) is 8.47. The number of hydrogen-bond donors (Lipinski definition) is 1. The Labute approximate surface area is 75.5 Å². The molecule has 0 bridgehead atoms. The van der Waals surface area contributed by atoms with Crippen LogP contribution in [-0.4, -0.2) is 5.91 Å². The molecule has 2 unspecified atom stereocenters. The molecule has 2 atom stereocenters. The van der Waals surface area contributed by atoms with Crippen molar-refractivity contribution < 1.29 is 4.79 Å². The van der Waals surface area contributed by atoms with Crippen LogP contribution >= 0.6 is 0 Å². The van der Waals surface area contributed by atoms with Crippen LogP contribution in [0.3, 0.4) is 0 Å². The fraction of sp³-hybridized carbons (Fsp3) is 0.900. The molecule has 0 fully saturated rings. The van der Waals surface area contributed by atoms with Crippen molar-refractivity contribution in [1.29, 1.82) is 0 Å². The Morgan fingerprint density at radius 3 is 2.33 bits per heavy atom. The van der Waals surface area contributed by atoms with Crippen molar-refractivity contribution in [2.75, 3.05) is 0 Å². The monoisotopic (exact) mass is 171 g/mol. The van der Waals surface area contributed by atoms with E-state index in [1.54, 1.807) is 0 Å². The molecule has 1 amide bonds. The Bertz CT molecular complexity index is 134. The second-order valence-corrected chi connectivity index (χ2v) is 3.54. The number of amides is 1. The molecule has 0 aliphatic heterocycles. The molecule has 0 aromatic carbocycles.